The fraction of sp³-hybridized carbons (Fsp3) is 0.0870. The van der Waals surface area contributed by atoms with Crippen LogP contribution < -0.4 is 4.72 Å². The summed E-state index contributed by atoms with van der Waals surface area (Å²) in [5.74, 6) is -0.940. The number of aryl methyl sites for hydroxylation is 2. The third kappa shape index (κ3) is 6.33. The van der Waals surface area contributed by atoms with E-state index in [9.17, 15) is 13.2 Å². The molecule has 0 fully saturated rings. The monoisotopic (exact) mass is 407 g/mol. The number of carboxylic acids is 1. The Balaban J connectivity index is 1.59. The fourth-order valence-corrected chi connectivity index (χ4v) is 3.69. The highest BCUT2D eigenvalue weighted by Crippen LogP contribution is 2.15. The number of sulfonamides is 1. The molecule has 3 aromatic rings. The number of anilines is 1. The summed E-state index contributed by atoms with van der Waals surface area (Å²) in [4.78, 5) is 11.0. The molecule has 0 heterocycles. The Morgan fingerprint density at radius 3 is 2.24 bits per heavy atom. The highest BCUT2D eigenvalue weighted by Gasteiger charge is 2.06. The highest BCUT2D eigenvalue weighted by molar-refractivity contribution is 7.95. The number of aromatic carboxylic acids is 1. The van der Waals surface area contributed by atoms with Gasteiger partial charge in [0.05, 0.1) is 11.0 Å². The quantitative estimate of drug-likeness (QED) is 0.572. The lowest BCUT2D eigenvalue weighted by Crippen LogP contribution is -2.08. The van der Waals surface area contributed by atoms with Crippen molar-refractivity contribution in [3.8, 4) is 0 Å². The van der Waals surface area contributed by atoms with E-state index in [4.69, 9.17) is 5.11 Å². The molecular formula is C23H21NO4S. The van der Waals surface area contributed by atoms with Gasteiger partial charge in [0.1, 0.15) is 0 Å². The van der Waals surface area contributed by atoms with Gasteiger partial charge in [0.25, 0.3) is 10.0 Å². The van der Waals surface area contributed by atoms with Crippen molar-refractivity contribution >= 4 is 27.8 Å². The van der Waals surface area contributed by atoms with Crippen LogP contribution >= 0.6 is 0 Å². The van der Waals surface area contributed by atoms with Crippen molar-refractivity contribution in [2.45, 2.75) is 12.8 Å². The van der Waals surface area contributed by atoms with Crippen LogP contribution in [0, 0.1) is 0 Å². The van der Waals surface area contributed by atoms with Gasteiger partial charge in [-0.05, 0) is 59.9 Å². The van der Waals surface area contributed by atoms with Crippen molar-refractivity contribution < 1.29 is 18.3 Å². The number of benzene rings is 3. The predicted octanol–water partition coefficient (Wildman–Crippen LogP) is 4.58. The van der Waals surface area contributed by atoms with Crippen molar-refractivity contribution in [3.63, 3.8) is 0 Å². The molecule has 0 spiro atoms. The molecule has 0 bridgehead atoms. The molecule has 0 unspecified atom stereocenters. The normalized spacial score (nSPS) is 11.4. The first-order valence-corrected chi connectivity index (χ1v) is 10.6. The second-order valence-corrected chi connectivity index (χ2v) is 8.13. The lowest BCUT2D eigenvalue weighted by atomic mass is 10.0. The van der Waals surface area contributed by atoms with Crippen molar-refractivity contribution in [3.05, 3.63) is 107 Å². The van der Waals surface area contributed by atoms with Gasteiger partial charge >= 0.3 is 5.97 Å². The summed E-state index contributed by atoms with van der Waals surface area (Å²) >= 11 is 0. The van der Waals surface area contributed by atoms with Crippen LogP contribution in [-0.4, -0.2) is 19.5 Å². The lowest BCUT2D eigenvalue weighted by Gasteiger charge is -2.07. The molecular weight excluding hydrogens is 386 g/mol. The molecule has 0 saturated heterocycles. The first kappa shape index (κ1) is 20.4. The van der Waals surface area contributed by atoms with E-state index in [2.05, 4.69) is 4.72 Å². The van der Waals surface area contributed by atoms with Gasteiger partial charge in [0.2, 0.25) is 0 Å². The Morgan fingerprint density at radius 2 is 1.55 bits per heavy atom. The van der Waals surface area contributed by atoms with Crippen LogP contribution in [0.3, 0.4) is 0 Å². The Bertz CT molecular complexity index is 1110. The molecule has 0 aliphatic carbocycles. The van der Waals surface area contributed by atoms with Crippen molar-refractivity contribution in [2.75, 3.05) is 4.72 Å². The Labute approximate surface area is 170 Å². The molecule has 0 saturated carbocycles. The molecule has 0 aliphatic rings. The summed E-state index contributed by atoms with van der Waals surface area (Å²) < 4.78 is 26.9. The Morgan fingerprint density at radius 1 is 0.862 bits per heavy atom. The molecule has 3 rings (SSSR count). The first-order valence-electron chi connectivity index (χ1n) is 9.08. The molecule has 0 atom stereocenters. The van der Waals surface area contributed by atoms with Crippen LogP contribution in [-0.2, 0) is 22.9 Å². The third-order valence-corrected chi connectivity index (χ3v) is 5.34. The van der Waals surface area contributed by atoms with Gasteiger partial charge in [-0.1, -0.05) is 54.6 Å². The van der Waals surface area contributed by atoms with E-state index in [1.54, 1.807) is 36.4 Å². The summed E-state index contributed by atoms with van der Waals surface area (Å²) in [7, 11) is -3.60. The minimum absolute atomic E-state index is 0.274. The molecule has 0 radical (unpaired) electrons. The van der Waals surface area contributed by atoms with E-state index in [1.165, 1.54) is 0 Å². The molecule has 148 valence electrons. The molecule has 29 heavy (non-hydrogen) atoms. The number of rotatable bonds is 8. The van der Waals surface area contributed by atoms with E-state index in [-0.39, 0.29) is 5.56 Å². The summed E-state index contributed by atoms with van der Waals surface area (Å²) in [5, 5.41) is 10.2. The minimum Gasteiger partial charge on any atom is -0.478 e. The number of nitrogens with one attached hydrogen (secondary N) is 1. The van der Waals surface area contributed by atoms with E-state index < -0.39 is 16.0 Å². The maximum Gasteiger partial charge on any atom is 0.335 e. The van der Waals surface area contributed by atoms with Gasteiger partial charge in [-0.15, -0.1) is 0 Å². The third-order valence-electron chi connectivity index (χ3n) is 4.33. The van der Waals surface area contributed by atoms with Gasteiger partial charge in [0, 0.05) is 5.69 Å². The summed E-state index contributed by atoms with van der Waals surface area (Å²) in [6, 6.07) is 23.2. The average molecular weight is 407 g/mol. The zero-order valence-corrected chi connectivity index (χ0v) is 16.5. The van der Waals surface area contributed by atoms with Crippen LogP contribution in [0.5, 0.6) is 0 Å². The largest absolute Gasteiger partial charge is 0.478 e. The Kier molecular flexibility index (Phi) is 6.46. The predicted molar refractivity (Wildman–Crippen MR) is 115 cm³/mol. The molecule has 0 aliphatic heterocycles. The number of carboxylic acid groups (broad SMARTS) is 1. The molecule has 3 aromatic carbocycles. The number of carbonyl (C=O) groups is 1. The second-order valence-electron chi connectivity index (χ2n) is 6.56. The van der Waals surface area contributed by atoms with Crippen LogP contribution in [0.25, 0.3) is 6.08 Å². The number of hydrogen-bond donors (Lipinski definition) is 2. The van der Waals surface area contributed by atoms with Crippen LogP contribution in [0.15, 0.2) is 84.3 Å². The van der Waals surface area contributed by atoms with E-state index in [1.807, 2.05) is 48.5 Å². The summed E-state index contributed by atoms with van der Waals surface area (Å²) in [6.45, 7) is 0. The standard InChI is InChI=1S/C23H21NO4S/c25-23(26)21-8-4-7-20(17-21)10-9-19-11-13-22(14-12-19)24-29(27,28)16-15-18-5-2-1-3-6-18/h1-8,11-17,24H,9-10H2,(H,25,26)/b16-15+. The zero-order chi connectivity index (χ0) is 20.7. The first-order chi connectivity index (χ1) is 13.9. The molecule has 0 amide bonds. The maximum absolute atomic E-state index is 12.2. The van der Waals surface area contributed by atoms with Gasteiger partial charge in [-0.25, -0.2) is 13.2 Å². The molecule has 6 heteroatoms. The zero-order valence-electron chi connectivity index (χ0n) is 15.7. The van der Waals surface area contributed by atoms with Crippen molar-refractivity contribution in [1.29, 1.82) is 0 Å². The summed E-state index contributed by atoms with van der Waals surface area (Å²) in [5.41, 5.74) is 3.55. The van der Waals surface area contributed by atoms with Crippen LogP contribution in [0.2, 0.25) is 0 Å². The SMILES string of the molecule is O=C(O)c1cccc(CCc2ccc(NS(=O)(=O)/C=C/c3ccccc3)cc2)c1. The van der Waals surface area contributed by atoms with Gasteiger partial charge < -0.3 is 5.11 Å². The van der Waals surface area contributed by atoms with E-state index in [0.717, 1.165) is 28.5 Å². The lowest BCUT2D eigenvalue weighted by molar-refractivity contribution is 0.0696. The molecule has 5 nitrogen and oxygen atoms in total. The smallest absolute Gasteiger partial charge is 0.335 e. The van der Waals surface area contributed by atoms with E-state index in [0.29, 0.717) is 12.1 Å². The summed E-state index contributed by atoms with van der Waals surface area (Å²) in [6.07, 6.45) is 2.97. The highest BCUT2D eigenvalue weighted by atomic mass is 32.2. The van der Waals surface area contributed by atoms with Crippen molar-refractivity contribution in [1.82, 2.24) is 0 Å². The maximum atomic E-state index is 12.2. The average Bonchev–Trinajstić information content (AvgIpc) is 2.73. The van der Waals surface area contributed by atoms with Gasteiger partial charge in [-0.2, -0.15) is 0 Å². The Hall–Kier alpha value is -3.38. The minimum atomic E-state index is -3.60. The molecule has 2 N–H and O–H groups in total. The fourth-order valence-electron chi connectivity index (χ4n) is 2.82. The second kappa shape index (κ2) is 9.21. The van der Waals surface area contributed by atoms with Crippen LogP contribution in [0.4, 0.5) is 5.69 Å². The van der Waals surface area contributed by atoms with Gasteiger partial charge in [0.15, 0.2) is 0 Å². The number of hydrogen-bond acceptors (Lipinski definition) is 3. The van der Waals surface area contributed by atoms with Crippen molar-refractivity contribution in [2.24, 2.45) is 0 Å². The molecule has 0 aromatic heterocycles. The van der Waals surface area contributed by atoms with E-state index >= 15 is 0 Å². The van der Waals surface area contributed by atoms with Crippen LogP contribution in [0.1, 0.15) is 27.0 Å². The van der Waals surface area contributed by atoms with Gasteiger partial charge in [-0.3, -0.25) is 4.72 Å². The topological polar surface area (TPSA) is 83.5 Å².